The van der Waals surface area contributed by atoms with E-state index in [1.807, 2.05) is 6.92 Å². The van der Waals surface area contributed by atoms with Gasteiger partial charge in [-0.3, -0.25) is 0 Å². The molecule has 2 heterocycles. The standard InChI is InChI=1S/C8H11N5S/c1-5-7(9)13-14-8(5)12-4-6-10-2-3-11-6/h2-3,12H,4H2,1H3,(H2,9,13)(H,10,11). The summed E-state index contributed by atoms with van der Waals surface area (Å²) in [4.78, 5) is 7.12. The van der Waals surface area contributed by atoms with Crippen molar-refractivity contribution >= 4 is 22.4 Å². The summed E-state index contributed by atoms with van der Waals surface area (Å²) in [6.45, 7) is 2.61. The molecular formula is C8H11N5S. The number of nitrogens with one attached hydrogen (secondary N) is 2. The molecule has 4 N–H and O–H groups in total. The fourth-order valence-electron chi connectivity index (χ4n) is 1.07. The second-order valence-electron chi connectivity index (χ2n) is 2.91. The number of hydrogen-bond donors (Lipinski definition) is 3. The van der Waals surface area contributed by atoms with Crippen molar-refractivity contribution in [1.82, 2.24) is 14.3 Å². The number of nitrogens with two attached hydrogens (primary N) is 1. The van der Waals surface area contributed by atoms with Crippen LogP contribution in [0, 0.1) is 6.92 Å². The number of nitrogen functional groups attached to an aromatic ring is 1. The minimum Gasteiger partial charge on any atom is -0.383 e. The zero-order valence-corrected chi connectivity index (χ0v) is 8.56. The third-order valence-corrected chi connectivity index (χ3v) is 2.85. The largest absolute Gasteiger partial charge is 0.383 e. The lowest BCUT2D eigenvalue weighted by Crippen LogP contribution is -2.00. The van der Waals surface area contributed by atoms with Crippen LogP contribution >= 0.6 is 11.5 Å². The first-order valence-electron chi connectivity index (χ1n) is 4.21. The summed E-state index contributed by atoms with van der Waals surface area (Å²) in [5.41, 5.74) is 6.63. The maximum Gasteiger partial charge on any atom is 0.142 e. The van der Waals surface area contributed by atoms with Gasteiger partial charge in [0.1, 0.15) is 16.6 Å². The van der Waals surface area contributed by atoms with Crippen LogP contribution in [0.3, 0.4) is 0 Å². The molecule has 0 aromatic carbocycles. The van der Waals surface area contributed by atoms with E-state index in [0.29, 0.717) is 12.4 Å². The lowest BCUT2D eigenvalue weighted by molar-refractivity contribution is 1.00. The minimum absolute atomic E-state index is 0.594. The average molecular weight is 209 g/mol. The quantitative estimate of drug-likeness (QED) is 0.713. The summed E-state index contributed by atoms with van der Waals surface area (Å²) < 4.78 is 4.04. The molecule has 6 heteroatoms. The summed E-state index contributed by atoms with van der Waals surface area (Å²) in [5.74, 6) is 1.49. The lowest BCUT2D eigenvalue weighted by atomic mass is 10.3. The van der Waals surface area contributed by atoms with Crippen molar-refractivity contribution in [1.29, 1.82) is 0 Å². The second kappa shape index (κ2) is 3.67. The molecule has 0 aliphatic rings. The van der Waals surface area contributed by atoms with Gasteiger partial charge >= 0.3 is 0 Å². The van der Waals surface area contributed by atoms with Gasteiger partial charge in [-0.05, 0) is 18.5 Å². The average Bonchev–Trinajstić information content (AvgIpc) is 2.77. The Morgan fingerprint density at radius 1 is 1.64 bits per heavy atom. The highest BCUT2D eigenvalue weighted by molar-refractivity contribution is 7.10. The van der Waals surface area contributed by atoms with E-state index >= 15 is 0 Å². The van der Waals surface area contributed by atoms with Gasteiger partial charge in [-0.2, -0.15) is 4.37 Å². The normalized spacial score (nSPS) is 10.4. The van der Waals surface area contributed by atoms with E-state index in [9.17, 15) is 0 Å². The molecule has 14 heavy (non-hydrogen) atoms. The molecule has 2 rings (SSSR count). The topological polar surface area (TPSA) is 79.6 Å². The van der Waals surface area contributed by atoms with Crippen LogP contribution in [0.1, 0.15) is 11.4 Å². The lowest BCUT2D eigenvalue weighted by Gasteiger charge is -2.01. The van der Waals surface area contributed by atoms with Crippen molar-refractivity contribution in [2.75, 3.05) is 11.1 Å². The van der Waals surface area contributed by atoms with E-state index in [-0.39, 0.29) is 0 Å². The molecule has 0 saturated carbocycles. The summed E-state index contributed by atoms with van der Waals surface area (Å²) in [6.07, 6.45) is 3.52. The molecular weight excluding hydrogens is 198 g/mol. The van der Waals surface area contributed by atoms with Crippen LogP contribution in [0.25, 0.3) is 0 Å². The monoisotopic (exact) mass is 209 g/mol. The van der Waals surface area contributed by atoms with Gasteiger partial charge in [0.15, 0.2) is 0 Å². The van der Waals surface area contributed by atoms with E-state index in [1.165, 1.54) is 11.5 Å². The first-order valence-corrected chi connectivity index (χ1v) is 4.98. The molecule has 5 nitrogen and oxygen atoms in total. The molecule has 0 saturated heterocycles. The summed E-state index contributed by atoms with van der Waals surface area (Å²) in [6, 6.07) is 0. The number of anilines is 2. The van der Waals surface area contributed by atoms with E-state index < -0.39 is 0 Å². The Kier molecular flexibility index (Phi) is 2.36. The Labute approximate surface area is 85.5 Å². The Bertz CT molecular complexity index is 405. The predicted octanol–water partition coefficient (Wildman–Crippen LogP) is 1.37. The van der Waals surface area contributed by atoms with Crippen molar-refractivity contribution < 1.29 is 0 Å². The van der Waals surface area contributed by atoms with Gasteiger partial charge in [0.05, 0.1) is 6.54 Å². The van der Waals surface area contributed by atoms with Crippen molar-refractivity contribution in [2.45, 2.75) is 13.5 Å². The van der Waals surface area contributed by atoms with Crippen LogP contribution in [-0.2, 0) is 6.54 Å². The smallest absolute Gasteiger partial charge is 0.142 e. The SMILES string of the molecule is Cc1c(N)nsc1NCc1ncc[nH]1. The Morgan fingerprint density at radius 3 is 3.07 bits per heavy atom. The van der Waals surface area contributed by atoms with Crippen LogP contribution in [0.2, 0.25) is 0 Å². The van der Waals surface area contributed by atoms with Gasteiger partial charge in [-0.1, -0.05) is 0 Å². The van der Waals surface area contributed by atoms with Gasteiger partial charge in [0.2, 0.25) is 0 Å². The molecule has 0 radical (unpaired) electrons. The van der Waals surface area contributed by atoms with Crippen LogP contribution in [0.5, 0.6) is 0 Å². The number of aromatic nitrogens is 3. The number of rotatable bonds is 3. The van der Waals surface area contributed by atoms with Crippen LogP contribution in [0.4, 0.5) is 10.8 Å². The third kappa shape index (κ3) is 1.69. The maximum absolute atomic E-state index is 5.63. The molecule has 74 valence electrons. The third-order valence-electron chi connectivity index (χ3n) is 1.93. The van der Waals surface area contributed by atoms with Crippen LogP contribution < -0.4 is 11.1 Å². The number of imidazole rings is 1. The first kappa shape index (κ1) is 9.01. The zero-order valence-electron chi connectivity index (χ0n) is 7.74. The molecule has 2 aromatic rings. The van der Waals surface area contributed by atoms with E-state index in [2.05, 4.69) is 19.7 Å². The second-order valence-corrected chi connectivity index (χ2v) is 3.68. The zero-order chi connectivity index (χ0) is 9.97. The molecule has 0 bridgehead atoms. The summed E-state index contributed by atoms with van der Waals surface area (Å²) in [5, 5.41) is 4.22. The molecule has 0 unspecified atom stereocenters. The van der Waals surface area contributed by atoms with Crippen molar-refractivity contribution in [3.63, 3.8) is 0 Å². The van der Waals surface area contributed by atoms with Crippen molar-refractivity contribution in [2.24, 2.45) is 0 Å². The van der Waals surface area contributed by atoms with Gasteiger partial charge in [-0.15, -0.1) is 0 Å². The summed E-state index contributed by atoms with van der Waals surface area (Å²) >= 11 is 1.37. The highest BCUT2D eigenvalue weighted by atomic mass is 32.1. The molecule has 0 spiro atoms. The van der Waals surface area contributed by atoms with Gasteiger partial charge in [-0.25, -0.2) is 4.98 Å². The Balaban J connectivity index is 2.02. The first-order chi connectivity index (χ1) is 6.77. The molecule has 0 aliphatic carbocycles. The van der Waals surface area contributed by atoms with Crippen LogP contribution in [-0.4, -0.2) is 14.3 Å². The minimum atomic E-state index is 0.594. The molecule has 0 atom stereocenters. The molecule has 0 fully saturated rings. The van der Waals surface area contributed by atoms with E-state index in [1.54, 1.807) is 12.4 Å². The highest BCUT2D eigenvalue weighted by Crippen LogP contribution is 2.25. The van der Waals surface area contributed by atoms with Crippen molar-refractivity contribution in [3.05, 3.63) is 23.8 Å². The van der Waals surface area contributed by atoms with Gasteiger partial charge < -0.3 is 16.0 Å². The van der Waals surface area contributed by atoms with Crippen molar-refractivity contribution in [3.8, 4) is 0 Å². The van der Waals surface area contributed by atoms with Gasteiger partial charge in [0.25, 0.3) is 0 Å². The van der Waals surface area contributed by atoms with Crippen LogP contribution in [0.15, 0.2) is 12.4 Å². The fourth-order valence-corrected chi connectivity index (χ4v) is 1.78. The molecule has 2 aromatic heterocycles. The number of nitrogens with zero attached hydrogens (tertiary/aromatic N) is 2. The Hall–Kier alpha value is -1.56. The molecule has 0 amide bonds. The Morgan fingerprint density at radius 2 is 2.50 bits per heavy atom. The number of H-pyrrole nitrogens is 1. The number of aromatic amines is 1. The maximum atomic E-state index is 5.63. The van der Waals surface area contributed by atoms with E-state index in [4.69, 9.17) is 5.73 Å². The highest BCUT2D eigenvalue weighted by Gasteiger charge is 2.05. The van der Waals surface area contributed by atoms with Gasteiger partial charge in [0, 0.05) is 18.0 Å². The molecule has 0 aliphatic heterocycles. The predicted molar refractivity (Wildman–Crippen MR) is 57.2 cm³/mol. The fraction of sp³-hybridized carbons (Fsp3) is 0.250. The number of hydrogen-bond acceptors (Lipinski definition) is 5. The summed E-state index contributed by atoms with van der Waals surface area (Å²) in [7, 11) is 0. The van der Waals surface area contributed by atoms with E-state index in [0.717, 1.165) is 16.4 Å².